The first-order valence-electron chi connectivity index (χ1n) is 6.11. The number of urea groups is 1. The van der Waals surface area contributed by atoms with Crippen LogP contribution in [0.4, 0.5) is 10.5 Å². The molecule has 1 unspecified atom stereocenters. The van der Waals surface area contributed by atoms with Gasteiger partial charge >= 0.3 is 12.0 Å². The van der Waals surface area contributed by atoms with Gasteiger partial charge in [0.05, 0.1) is 7.11 Å². The van der Waals surface area contributed by atoms with Gasteiger partial charge in [0.2, 0.25) is 0 Å². The SMILES string of the molecule is CCCC(NC(=O)Nc1cc(Br)cc(OC)c1)C(=O)O. The number of hydrogen-bond donors (Lipinski definition) is 3. The van der Waals surface area contributed by atoms with Crippen LogP contribution in [0.25, 0.3) is 0 Å². The maximum atomic E-state index is 11.8. The smallest absolute Gasteiger partial charge is 0.326 e. The zero-order valence-corrected chi connectivity index (χ0v) is 12.9. The van der Waals surface area contributed by atoms with Gasteiger partial charge in [-0.1, -0.05) is 29.3 Å². The van der Waals surface area contributed by atoms with Crippen LogP contribution in [-0.4, -0.2) is 30.3 Å². The van der Waals surface area contributed by atoms with E-state index in [0.29, 0.717) is 24.3 Å². The highest BCUT2D eigenvalue weighted by Gasteiger charge is 2.18. The fraction of sp³-hybridized carbons (Fsp3) is 0.385. The number of methoxy groups -OCH3 is 1. The molecule has 1 aromatic rings. The standard InChI is InChI=1S/C13H17BrN2O4/c1-3-4-11(12(17)18)16-13(19)15-9-5-8(14)6-10(7-9)20-2/h5-7,11H,3-4H2,1-2H3,(H,17,18)(H2,15,16,19). The zero-order chi connectivity index (χ0) is 15.1. The molecule has 6 nitrogen and oxygen atoms in total. The van der Waals surface area contributed by atoms with E-state index in [9.17, 15) is 9.59 Å². The maximum absolute atomic E-state index is 11.8. The lowest BCUT2D eigenvalue weighted by Crippen LogP contribution is -2.42. The molecule has 1 rings (SSSR count). The van der Waals surface area contributed by atoms with Gasteiger partial charge in [-0.25, -0.2) is 9.59 Å². The minimum absolute atomic E-state index is 0.380. The van der Waals surface area contributed by atoms with Crippen molar-refractivity contribution in [3.05, 3.63) is 22.7 Å². The lowest BCUT2D eigenvalue weighted by atomic mass is 10.2. The van der Waals surface area contributed by atoms with Crippen molar-refractivity contribution in [2.45, 2.75) is 25.8 Å². The van der Waals surface area contributed by atoms with Crippen LogP contribution in [0.5, 0.6) is 5.75 Å². The van der Waals surface area contributed by atoms with Gasteiger partial charge in [-0.2, -0.15) is 0 Å². The molecule has 0 fully saturated rings. The summed E-state index contributed by atoms with van der Waals surface area (Å²) in [5.41, 5.74) is 0.509. The van der Waals surface area contributed by atoms with Gasteiger partial charge in [0.1, 0.15) is 11.8 Å². The summed E-state index contributed by atoms with van der Waals surface area (Å²) >= 11 is 3.30. The maximum Gasteiger partial charge on any atom is 0.326 e. The molecule has 1 atom stereocenters. The van der Waals surface area contributed by atoms with Crippen molar-refractivity contribution >= 4 is 33.6 Å². The minimum atomic E-state index is -1.05. The molecule has 0 aliphatic heterocycles. The molecule has 0 saturated carbocycles. The highest BCUT2D eigenvalue weighted by atomic mass is 79.9. The summed E-state index contributed by atoms with van der Waals surface area (Å²) in [4.78, 5) is 22.7. The molecule has 0 aliphatic rings. The predicted octanol–water partition coefficient (Wildman–Crippen LogP) is 2.83. The molecular weight excluding hydrogens is 328 g/mol. The Bertz CT molecular complexity index is 493. The number of carboxylic acids is 1. The first-order chi connectivity index (χ1) is 9.46. The second-order valence-electron chi connectivity index (χ2n) is 4.16. The van der Waals surface area contributed by atoms with Gasteiger partial charge in [-0.15, -0.1) is 0 Å². The highest BCUT2D eigenvalue weighted by Crippen LogP contribution is 2.24. The van der Waals surface area contributed by atoms with Crippen molar-refractivity contribution in [1.82, 2.24) is 5.32 Å². The van der Waals surface area contributed by atoms with E-state index >= 15 is 0 Å². The van der Waals surface area contributed by atoms with Gasteiger partial charge in [-0.3, -0.25) is 0 Å². The van der Waals surface area contributed by atoms with Crippen LogP contribution in [0.2, 0.25) is 0 Å². The molecule has 2 amide bonds. The van der Waals surface area contributed by atoms with Gasteiger partial charge in [-0.05, 0) is 18.6 Å². The van der Waals surface area contributed by atoms with Crippen molar-refractivity contribution in [3.63, 3.8) is 0 Å². The number of anilines is 1. The first kappa shape index (κ1) is 16.3. The van der Waals surface area contributed by atoms with E-state index in [4.69, 9.17) is 9.84 Å². The summed E-state index contributed by atoms with van der Waals surface area (Å²) in [6, 6.07) is 3.62. The number of benzene rings is 1. The Balaban J connectivity index is 2.70. The Morgan fingerprint density at radius 2 is 2.10 bits per heavy atom. The normalized spacial score (nSPS) is 11.6. The van der Waals surface area contributed by atoms with Crippen LogP contribution in [0.1, 0.15) is 19.8 Å². The van der Waals surface area contributed by atoms with E-state index in [1.165, 1.54) is 7.11 Å². The summed E-state index contributed by atoms with van der Waals surface area (Å²) in [6.45, 7) is 1.86. The molecule has 7 heteroatoms. The summed E-state index contributed by atoms with van der Waals surface area (Å²) in [5, 5.41) is 14.0. The average molecular weight is 345 g/mol. The molecule has 1 aromatic carbocycles. The molecule has 0 aromatic heterocycles. The minimum Gasteiger partial charge on any atom is -0.497 e. The molecule has 0 aliphatic carbocycles. The van der Waals surface area contributed by atoms with Crippen molar-refractivity contribution in [1.29, 1.82) is 0 Å². The van der Waals surface area contributed by atoms with Crippen molar-refractivity contribution < 1.29 is 19.4 Å². The number of carboxylic acid groups (broad SMARTS) is 1. The van der Waals surface area contributed by atoms with Gasteiger partial charge in [0.15, 0.2) is 0 Å². The molecule has 0 heterocycles. The number of ether oxygens (including phenoxy) is 1. The second kappa shape index (κ2) is 7.74. The van der Waals surface area contributed by atoms with Crippen molar-refractivity contribution in [2.24, 2.45) is 0 Å². The number of hydrogen-bond acceptors (Lipinski definition) is 3. The Labute approximate surface area is 125 Å². The molecule has 0 bridgehead atoms. The number of carbonyl (C=O) groups is 2. The summed E-state index contributed by atoms with van der Waals surface area (Å²) in [6.07, 6.45) is 1.05. The lowest BCUT2D eigenvalue weighted by molar-refractivity contribution is -0.139. The first-order valence-corrected chi connectivity index (χ1v) is 6.90. The number of aliphatic carboxylic acids is 1. The Kier molecular flexibility index (Phi) is 6.30. The molecule has 3 N–H and O–H groups in total. The summed E-state index contributed by atoms with van der Waals surface area (Å²) < 4.78 is 5.83. The fourth-order valence-corrected chi connectivity index (χ4v) is 2.10. The van der Waals surface area contributed by atoms with Crippen molar-refractivity contribution in [2.75, 3.05) is 12.4 Å². The largest absolute Gasteiger partial charge is 0.497 e. The average Bonchev–Trinajstić information content (AvgIpc) is 2.37. The van der Waals surface area contributed by atoms with Crippen LogP contribution in [-0.2, 0) is 4.79 Å². The van der Waals surface area contributed by atoms with Gasteiger partial charge < -0.3 is 20.5 Å². The van der Waals surface area contributed by atoms with Gasteiger partial charge in [0, 0.05) is 16.2 Å². The number of carbonyl (C=O) groups excluding carboxylic acids is 1. The van der Waals surface area contributed by atoms with E-state index in [1.807, 2.05) is 6.92 Å². The monoisotopic (exact) mass is 344 g/mol. The second-order valence-corrected chi connectivity index (χ2v) is 5.07. The van der Waals surface area contributed by atoms with Crippen LogP contribution >= 0.6 is 15.9 Å². The van der Waals surface area contributed by atoms with E-state index in [2.05, 4.69) is 26.6 Å². The molecule has 110 valence electrons. The Hall–Kier alpha value is -1.76. The van der Waals surface area contributed by atoms with Crippen LogP contribution < -0.4 is 15.4 Å². The van der Waals surface area contributed by atoms with E-state index in [1.54, 1.807) is 18.2 Å². The Morgan fingerprint density at radius 3 is 2.65 bits per heavy atom. The number of halogens is 1. The van der Waals surface area contributed by atoms with Crippen molar-refractivity contribution in [3.8, 4) is 5.75 Å². The van der Waals surface area contributed by atoms with E-state index in [-0.39, 0.29) is 0 Å². The quantitative estimate of drug-likeness (QED) is 0.740. The van der Waals surface area contributed by atoms with Crippen LogP contribution in [0, 0.1) is 0 Å². The number of nitrogens with one attached hydrogen (secondary N) is 2. The fourth-order valence-electron chi connectivity index (χ4n) is 1.62. The Morgan fingerprint density at radius 1 is 1.40 bits per heavy atom. The lowest BCUT2D eigenvalue weighted by Gasteiger charge is -2.14. The molecule has 0 radical (unpaired) electrons. The van der Waals surface area contributed by atoms with Gasteiger partial charge in [0.25, 0.3) is 0 Å². The third-order valence-corrected chi connectivity index (χ3v) is 3.00. The third kappa shape index (κ3) is 5.08. The summed E-state index contributed by atoms with van der Waals surface area (Å²) in [7, 11) is 1.52. The molecule has 0 spiro atoms. The van der Waals surface area contributed by atoms with Crippen LogP contribution in [0.15, 0.2) is 22.7 Å². The van der Waals surface area contributed by atoms with E-state index < -0.39 is 18.0 Å². The molecule has 0 saturated heterocycles. The summed E-state index contributed by atoms with van der Waals surface area (Å²) in [5.74, 6) is -0.466. The number of amides is 2. The van der Waals surface area contributed by atoms with Crippen LogP contribution in [0.3, 0.4) is 0 Å². The molecular formula is C13H17BrN2O4. The molecule has 20 heavy (non-hydrogen) atoms. The zero-order valence-electron chi connectivity index (χ0n) is 11.3. The highest BCUT2D eigenvalue weighted by molar-refractivity contribution is 9.10. The van der Waals surface area contributed by atoms with E-state index in [0.717, 1.165) is 4.47 Å². The number of rotatable bonds is 6. The third-order valence-electron chi connectivity index (χ3n) is 2.55. The predicted molar refractivity (Wildman–Crippen MR) is 79.2 cm³/mol. The topological polar surface area (TPSA) is 87.7 Å².